The van der Waals surface area contributed by atoms with E-state index in [1.807, 2.05) is 13.8 Å². The van der Waals surface area contributed by atoms with E-state index in [2.05, 4.69) is 91.2 Å². The van der Waals surface area contributed by atoms with Gasteiger partial charge in [0.25, 0.3) is 0 Å². The molecule has 0 saturated carbocycles. The lowest BCUT2D eigenvalue weighted by atomic mass is 9.08. The van der Waals surface area contributed by atoms with E-state index in [1.165, 1.54) is 0 Å². The molecule has 0 aromatic rings. The van der Waals surface area contributed by atoms with Crippen molar-refractivity contribution in [2.45, 2.75) is 266 Å². The van der Waals surface area contributed by atoms with E-state index in [-0.39, 0.29) is 253 Å². The molecule has 342 valence electrons. The van der Waals surface area contributed by atoms with Gasteiger partial charge in [-0.3, -0.25) is 0 Å². The van der Waals surface area contributed by atoms with Gasteiger partial charge in [-0.2, -0.15) is 0 Å². The quantitative estimate of drug-likeness (QED) is 0.171. The van der Waals surface area contributed by atoms with Crippen LogP contribution in [0.4, 0.5) is 0 Å². The molecule has 0 amide bonds. The van der Waals surface area contributed by atoms with Crippen molar-refractivity contribution in [1.82, 2.24) is 0 Å². The first-order valence-electron chi connectivity index (χ1n) is 4.37. The first kappa shape index (κ1) is 1010. The van der Waals surface area contributed by atoms with Gasteiger partial charge in [-0.1, -0.05) is 245 Å². The van der Waals surface area contributed by atoms with Gasteiger partial charge in [0.15, 0.2) is 0 Å². The number of hydrogen-bond acceptors (Lipinski definition) is 0. The summed E-state index contributed by atoms with van der Waals surface area (Å²) in [5.74, 6) is 7.61. The fourth-order valence-electron chi connectivity index (χ4n) is 0. The monoisotopic (exact) mass is 759 g/mol. The lowest BCUT2D eigenvalue weighted by molar-refractivity contribution is 1.83. The molecule has 0 atom stereocenters. The van der Waals surface area contributed by atoms with Crippen LogP contribution < -0.4 is 0 Å². The molecule has 0 unspecified atom stereocenters. The van der Waals surface area contributed by atoms with Crippen LogP contribution in [0.15, 0.2) is 0 Å². The molecule has 0 fully saturated rings. The second kappa shape index (κ2) is 3060. The summed E-state index contributed by atoms with van der Waals surface area (Å²) in [5, 5.41) is 0. The summed E-state index contributed by atoms with van der Waals surface area (Å²) in [6.07, 6.45) is 11.9. The molecule has 18 radical (unpaired) electrons. The van der Waals surface area contributed by atoms with Crippen molar-refractivity contribution in [2.24, 2.45) is 0 Å². The van der Waals surface area contributed by atoms with Gasteiger partial charge in [-0.05, 0) is 20.8 Å². The normalized spacial score (nSPS) is 1.23. The summed E-state index contributed by atoms with van der Waals surface area (Å²) in [4.78, 5) is 0. The average Bonchev–Trinajstić information content (AvgIpc) is 2.35. The maximum absolute atomic E-state index is 4.67. The Morgan fingerprint density at radius 3 is 0.365 bits per heavy atom. The Morgan fingerprint density at radius 2 is 0.365 bits per heavy atom. The summed E-state index contributed by atoms with van der Waals surface area (Å²) in [5.41, 5.74) is 0. The Kier molecular flexibility index (Phi) is 59600. The molecule has 0 aliphatic rings. The Bertz CT molecular complexity index is 194. The average molecular weight is 758 g/mol. The maximum atomic E-state index is 4.67. The fourth-order valence-corrected chi connectivity index (χ4v) is 0. The molecule has 0 heterocycles. The van der Waals surface area contributed by atoms with Gasteiger partial charge in [-0.15, -0.1) is 37.0 Å². The zero-order valence-electron chi connectivity index (χ0n) is 12.0. The highest BCUT2D eigenvalue weighted by molar-refractivity contribution is 7.49. The fraction of sp³-hybridized carbons (Fsp3) is 0.857. The molecule has 52 heavy (non-hydrogen) atoms. The molecular weight excluding hydrogens is 613 g/mol. The zero-order chi connectivity index (χ0) is 16.4. The number of hydrogen-bond donors (Lipinski definition) is 0. The van der Waals surface area contributed by atoms with E-state index >= 15 is 0 Å². The van der Waals surface area contributed by atoms with Crippen molar-refractivity contribution in [3.05, 3.63) is 0 Å². The van der Waals surface area contributed by atoms with Gasteiger partial charge >= 0.3 is 0 Å². The molecule has 0 saturated heterocycles. The summed E-state index contributed by atoms with van der Waals surface area (Å²) >= 11 is 0. The smallest absolute Gasteiger partial charge is 0 e. The third-order valence-electron chi connectivity index (χ3n) is 0.250. The molecule has 0 N–H and O–H groups in total. The van der Waals surface area contributed by atoms with E-state index in [9.17, 15) is 0 Å². The molecule has 0 aliphatic heterocycles. The lowest BCUT2D eigenvalue weighted by Gasteiger charge is -1.73. The van der Waals surface area contributed by atoms with Crippen LogP contribution in [-0.4, -0.2) is 76.0 Å². The summed E-state index contributed by atoms with van der Waals surface area (Å²) < 4.78 is 0. The number of terminal acetylenes is 2. The molecule has 0 nitrogen and oxygen atoms in total. The minimum absolute atomic E-state index is 0. The molecule has 10 heteroatoms. The van der Waals surface area contributed by atoms with E-state index in [1.54, 1.807) is 6.92 Å². The van der Waals surface area contributed by atoms with Gasteiger partial charge in [0, 0.05) is 76.0 Å². The van der Waals surface area contributed by atoms with E-state index in [0.29, 0.717) is 0 Å². The Hall–Kier alpha value is -0.671. The minimum Gasteiger partial charge on any atom is -0.124 e. The predicted octanol–water partition coefficient (Wildman–Crippen LogP) is 19.1. The highest BCUT2D eigenvalue weighted by Crippen LogP contribution is 1.39. The largest absolute Gasteiger partial charge is 0.124 e. The highest BCUT2D eigenvalue weighted by Gasteiger charge is 1.73. The maximum Gasteiger partial charge on any atom is 0 e. The summed E-state index contributed by atoms with van der Waals surface area (Å²) in [6, 6.07) is 0. The van der Waals surface area contributed by atoms with Crippen molar-refractivity contribution < 1.29 is 0 Å². The molecule has 0 aliphatic carbocycles. The van der Waals surface area contributed by atoms with E-state index in [0.717, 1.165) is 7.06 Å². The Balaban J connectivity index is -0.000000000779. The molecular formula is C42H144B10. The van der Waals surface area contributed by atoms with Crippen molar-refractivity contribution in [3.63, 3.8) is 0 Å². The van der Waals surface area contributed by atoms with Crippen LogP contribution in [0.2, 0.25) is 0 Å². The van der Waals surface area contributed by atoms with Gasteiger partial charge in [-0.25, -0.2) is 0 Å². The van der Waals surface area contributed by atoms with Crippen LogP contribution in [0.3, 0.4) is 0 Å². The van der Waals surface area contributed by atoms with Crippen LogP contribution in [0.1, 0.15) is 266 Å². The molecule has 0 spiro atoms. The van der Waals surface area contributed by atoms with E-state index in [4.69, 9.17) is 0 Å². The van der Waals surface area contributed by atoms with Crippen molar-refractivity contribution in [1.29, 1.82) is 0 Å². The highest BCUT2D eigenvalue weighted by atomic mass is 13.3. The van der Waals surface area contributed by atoms with Gasteiger partial charge in [0.1, 0.15) is 0 Å². The second-order valence-electron chi connectivity index (χ2n) is 1.56. The van der Waals surface area contributed by atoms with Crippen LogP contribution in [0.5, 0.6) is 0 Å². The summed E-state index contributed by atoms with van der Waals surface area (Å²) in [7, 11) is 32.0. The second-order valence-corrected chi connectivity index (χ2v) is 1.56. The van der Waals surface area contributed by atoms with Crippen molar-refractivity contribution in [2.75, 3.05) is 0 Å². The SMILES string of the molecule is C.C.C.C.C.C.C.C.C.C.C.C.C.C.C.C.C.C.C.C.C.C.C.C.C.C.C.C.C.C.C.C.C.C#C.C#CC.CC#CC.[B].[B]B([B])[B].[B][B].[B][B][B]. The minimum atomic E-state index is -0.667. The lowest BCUT2D eigenvalue weighted by Crippen LogP contribution is -2.11. The Morgan fingerprint density at radius 1 is 0.346 bits per heavy atom. The molecule has 0 rings (SSSR count). The summed E-state index contributed by atoms with van der Waals surface area (Å²) in [6.45, 7) is 5.29. The third-order valence-corrected chi connectivity index (χ3v) is 0.250. The van der Waals surface area contributed by atoms with Crippen LogP contribution in [0, 0.1) is 37.0 Å². The first-order valence-corrected chi connectivity index (χ1v) is 4.37. The predicted molar refractivity (Wildman–Crippen MR) is 323 cm³/mol. The topological polar surface area (TPSA) is 0 Å². The standard InChI is InChI=1S/C4H6.C3H4.C2H2.33CH4.B4.B3.B2.B/c1-3-4-2;1-3-2;1-2;;;;;;;;;;;;;;;;;;;;;;;;;;;;;;;;;;1-4(2)3;1-3-2;1-2;/h1-2H3;1H,2H3;1-2H;33*1H4;;;;. The Labute approximate surface area is 377 Å². The molecule has 0 aromatic heterocycles. The molecule has 0 aromatic carbocycles. The zero-order valence-corrected chi connectivity index (χ0v) is 12.0. The van der Waals surface area contributed by atoms with Gasteiger partial charge in [0.05, 0.1) is 0 Å². The third kappa shape index (κ3) is 1060000. The van der Waals surface area contributed by atoms with Crippen molar-refractivity contribution >= 4 is 76.0 Å². The van der Waals surface area contributed by atoms with Crippen molar-refractivity contribution in [3.8, 4) is 37.0 Å². The number of rotatable bonds is 0. The van der Waals surface area contributed by atoms with Crippen LogP contribution in [0.25, 0.3) is 0 Å². The van der Waals surface area contributed by atoms with Crippen LogP contribution >= 0.6 is 0 Å². The van der Waals surface area contributed by atoms with Gasteiger partial charge in [0.2, 0.25) is 0 Å². The van der Waals surface area contributed by atoms with Gasteiger partial charge < -0.3 is 0 Å². The first-order chi connectivity index (χ1) is 8.47. The van der Waals surface area contributed by atoms with Crippen LogP contribution in [-0.2, 0) is 0 Å². The van der Waals surface area contributed by atoms with E-state index < -0.39 is 6.39 Å². The molecule has 0 bridgehead atoms.